The van der Waals surface area contributed by atoms with Crippen LogP contribution in [0.25, 0.3) is 0 Å². The summed E-state index contributed by atoms with van der Waals surface area (Å²) < 4.78 is 0. The fraction of sp³-hybridized carbons (Fsp3) is 0.727. The molecule has 0 aliphatic heterocycles. The van der Waals surface area contributed by atoms with E-state index in [-0.39, 0.29) is 0 Å². The van der Waals surface area contributed by atoms with Gasteiger partial charge in [-0.3, -0.25) is 0 Å². The minimum absolute atomic E-state index is 0.353. The number of fused-ring (bicyclic) bond motifs is 2. The minimum atomic E-state index is 0.353. The second-order valence-electron chi connectivity index (χ2n) is 4.27. The van der Waals surface area contributed by atoms with Gasteiger partial charge in [0.05, 0.1) is 0 Å². The molecule has 66 valence electrons. The van der Waals surface area contributed by atoms with Crippen molar-refractivity contribution in [3.05, 3.63) is 11.6 Å². The van der Waals surface area contributed by atoms with Gasteiger partial charge in [-0.15, -0.1) is 0 Å². The van der Waals surface area contributed by atoms with Gasteiger partial charge in [-0.2, -0.15) is 0 Å². The Hall–Kier alpha value is -0.590. The summed E-state index contributed by atoms with van der Waals surface area (Å²) in [5.41, 5.74) is 1.66. The largest absolute Gasteiger partial charge is 0.300 e. The molecule has 0 aromatic heterocycles. The third-order valence-electron chi connectivity index (χ3n) is 3.29. The first-order valence-corrected chi connectivity index (χ1v) is 4.93. The van der Waals surface area contributed by atoms with Crippen molar-refractivity contribution in [2.75, 3.05) is 0 Å². The Morgan fingerprint density at radius 2 is 2.42 bits per heavy atom. The van der Waals surface area contributed by atoms with E-state index in [0.29, 0.717) is 5.78 Å². The Kier molecular flexibility index (Phi) is 2.03. The van der Waals surface area contributed by atoms with E-state index < -0.39 is 0 Å². The summed E-state index contributed by atoms with van der Waals surface area (Å²) in [5, 5.41) is 0. The highest BCUT2D eigenvalue weighted by Gasteiger charge is 2.33. The highest BCUT2D eigenvalue weighted by molar-refractivity contribution is 5.75. The van der Waals surface area contributed by atoms with Gasteiger partial charge in [0.25, 0.3) is 0 Å². The normalized spacial score (nSPS) is 32.2. The number of Topliss-reactive ketones (excluding diaryl/α,β-unsaturated/α-hetero) is 1. The monoisotopic (exact) mass is 164 g/mol. The number of allylic oxidation sites excluding steroid dienone is 2. The molecule has 0 heterocycles. The fourth-order valence-electron chi connectivity index (χ4n) is 2.58. The molecule has 2 bridgehead atoms. The predicted molar refractivity (Wildman–Crippen MR) is 48.8 cm³/mol. The molecule has 1 fully saturated rings. The maximum Gasteiger partial charge on any atom is 0.129 e. The number of hydrogen-bond acceptors (Lipinski definition) is 1. The molecule has 1 heteroatoms. The summed E-state index contributed by atoms with van der Waals surface area (Å²) >= 11 is 0. The van der Waals surface area contributed by atoms with E-state index in [4.69, 9.17) is 0 Å². The molecule has 0 aromatic rings. The Bertz CT molecular complexity index is 227. The third-order valence-corrected chi connectivity index (χ3v) is 3.29. The van der Waals surface area contributed by atoms with Gasteiger partial charge in [-0.25, -0.2) is 0 Å². The SMILES string of the molecule is CC(=O)CCC1CC2=CCC1C2. The maximum atomic E-state index is 10.8. The van der Waals surface area contributed by atoms with E-state index in [2.05, 4.69) is 6.08 Å². The number of carbonyl (C=O) groups is 1. The van der Waals surface area contributed by atoms with Crippen molar-refractivity contribution in [3.63, 3.8) is 0 Å². The summed E-state index contributed by atoms with van der Waals surface area (Å²) in [6.45, 7) is 1.70. The van der Waals surface area contributed by atoms with Crippen molar-refractivity contribution in [3.8, 4) is 0 Å². The van der Waals surface area contributed by atoms with E-state index >= 15 is 0 Å². The average Bonchev–Trinajstić information content (AvgIpc) is 2.60. The molecule has 0 radical (unpaired) electrons. The number of rotatable bonds is 3. The van der Waals surface area contributed by atoms with E-state index in [1.807, 2.05) is 0 Å². The molecule has 12 heavy (non-hydrogen) atoms. The molecule has 1 saturated carbocycles. The van der Waals surface area contributed by atoms with Gasteiger partial charge in [0.15, 0.2) is 0 Å². The molecule has 0 N–H and O–H groups in total. The maximum absolute atomic E-state index is 10.8. The topological polar surface area (TPSA) is 17.1 Å². The average molecular weight is 164 g/mol. The zero-order valence-electron chi connectivity index (χ0n) is 7.68. The van der Waals surface area contributed by atoms with Crippen LogP contribution in [-0.4, -0.2) is 5.78 Å². The lowest BCUT2D eigenvalue weighted by molar-refractivity contribution is -0.117. The fourth-order valence-corrected chi connectivity index (χ4v) is 2.58. The second-order valence-corrected chi connectivity index (χ2v) is 4.27. The van der Waals surface area contributed by atoms with Crippen LogP contribution in [0.2, 0.25) is 0 Å². The molecule has 0 amide bonds. The first-order chi connectivity index (χ1) is 5.75. The van der Waals surface area contributed by atoms with Crippen LogP contribution in [0.3, 0.4) is 0 Å². The molecule has 2 atom stereocenters. The van der Waals surface area contributed by atoms with E-state index in [0.717, 1.165) is 24.7 Å². The summed E-state index contributed by atoms with van der Waals surface area (Å²) in [4.78, 5) is 10.8. The van der Waals surface area contributed by atoms with Crippen LogP contribution in [0.1, 0.15) is 39.0 Å². The number of carbonyl (C=O) groups excluding carboxylic acids is 1. The summed E-state index contributed by atoms with van der Waals surface area (Å²) in [6.07, 6.45) is 8.25. The van der Waals surface area contributed by atoms with Crippen LogP contribution in [0.4, 0.5) is 0 Å². The van der Waals surface area contributed by atoms with Crippen molar-refractivity contribution >= 4 is 5.78 Å². The highest BCUT2D eigenvalue weighted by Crippen LogP contribution is 2.45. The van der Waals surface area contributed by atoms with Crippen molar-refractivity contribution in [2.45, 2.75) is 39.0 Å². The van der Waals surface area contributed by atoms with Gasteiger partial charge in [-0.1, -0.05) is 11.6 Å². The predicted octanol–water partition coefficient (Wildman–Crippen LogP) is 2.71. The summed E-state index contributed by atoms with van der Waals surface area (Å²) in [5.74, 6) is 2.10. The first-order valence-electron chi connectivity index (χ1n) is 4.93. The highest BCUT2D eigenvalue weighted by atomic mass is 16.1. The standard InChI is InChI=1S/C11H16O/c1-8(12)2-4-10-6-9-3-5-11(10)7-9/h3,10-11H,2,4-7H2,1H3. The smallest absolute Gasteiger partial charge is 0.129 e. The van der Waals surface area contributed by atoms with Gasteiger partial charge in [0, 0.05) is 6.42 Å². The van der Waals surface area contributed by atoms with Crippen LogP contribution in [0, 0.1) is 11.8 Å². The van der Waals surface area contributed by atoms with E-state index in [9.17, 15) is 4.79 Å². The Morgan fingerprint density at radius 3 is 2.92 bits per heavy atom. The Labute approximate surface area is 73.8 Å². The first kappa shape index (κ1) is 8.03. The van der Waals surface area contributed by atoms with Gasteiger partial charge in [0.1, 0.15) is 5.78 Å². The molecule has 2 unspecified atom stereocenters. The van der Waals surface area contributed by atoms with E-state index in [1.54, 1.807) is 12.5 Å². The second kappa shape index (κ2) is 3.04. The lowest BCUT2D eigenvalue weighted by Gasteiger charge is -2.17. The van der Waals surface area contributed by atoms with Crippen molar-refractivity contribution in [1.82, 2.24) is 0 Å². The van der Waals surface area contributed by atoms with Gasteiger partial charge >= 0.3 is 0 Å². The van der Waals surface area contributed by atoms with Gasteiger partial charge in [-0.05, 0) is 44.4 Å². The van der Waals surface area contributed by atoms with Gasteiger partial charge < -0.3 is 4.79 Å². The number of hydrogen-bond donors (Lipinski definition) is 0. The van der Waals surface area contributed by atoms with Crippen LogP contribution in [0.15, 0.2) is 11.6 Å². The molecule has 0 spiro atoms. The Morgan fingerprint density at radius 1 is 1.58 bits per heavy atom. The molecular formula is C11H16O. The number of ketones is 1. The van der Waals surface area contributed by atoms with Crippen LogP contribution < -0.4 is 0 Å². The van der Waals surface area contributed by atoms with Crippen LogP contribution >= 0.6 is 0 Å². The molecule has 2 aliphatic carbocycles. The summed E-state index contributed by atoms with van der Waals surface area (Å²) in [7, 11) is 0. The minimum Gasteiger partial charge on any atom is -0.300 e. The van der Waals surface area contributed by atoms with Crippen molar-refractivity contribution in [1.29, 1.82) is 0 Å². The quantitative estimate of drug-likeness (QED) is 0.586. The van der Waals surface area contributed by atoms with Crippen molar-refractivity contribution < 1.29 is 4.79 Å². The molecular weight excluding hydrogens is 148 g/mol. The Balaban J connectivity index is 1.84. The lowest BCUT2D eigenvalue weighted by Crippen LogP contribution is -2.09. The zero-order chi connectivity index (χ0) is 8.55. The molecule has 1 nitrogen and oxygen atoms in total. The molecule has 0 aromatic carbocycles. The molecule has 0 saturated heterocycles. The summed E-state index contributed by atoms with van der Waals surface area (Å²) in [6, 6.07) is 0. The van der Waals surface area contributed by atoms with Crippen LogP contribution in [-0.2, 0) is 4.79 Å². The van der Waals surface area contributed by atoms with Crippen LogP contribution in [0.5, 0.6) is 0 Å². The lowest BCUT2D eigenvalue weighted by atomic mass is 9.88. The molecule has 2 aliphatic rings. The van der Waals surface area contributed by atoms with E-state index in [1.165, 1.54) is 19.3 Å². The molecule has 2 rings (SSSR count). The zero-order valence-corrected chi connectivity index (χ0v) is 7.68. The third kappa shape index (κ3) is 1.45. The van der Waals surface area contributed by atoms with Crippen molar-refractivity contribution in [2.24, 2.45) is 11.8 Å². The van der Waals surface area contributed by atoms with Gasteiger partial charge in [0.2, 0.25) is 0 Å².